The first kappa shape index (κ1) is 21.1. The number of thioether (sulfide) groups is 1. The monoisotopic (exact) mass is 431 g/mol. The number of carboxylic acid groups (broad SMARTS) is 1. The standard InChI is InChI=1S/C20H21N3O4S2/c1-3-23-18(13-29(26,27)16-10-8-14(2)9-11-16)21-22-20(23)28-12-15-6-4-5-7-17(15)19(24)25/h4-11H,3,12-13H2,1-2H3,(H,24,25). The first-order chi connectivity index (χ1) is 13.8. The molecule has 1 N–H and O–H groups in total. The van der Waals surface area contributed by atoms with E-state index >= 15 is 0 Å². The quantitative estimate of drug-likeness (QED) is 0.544. The van der Waals surface area contributed by atoms with Crippen molar-refractivity contribution in [3.8, 4) is 0 Å². The van der Waals surface area contributed by atoms with Crippen LogP contribution in [0, 0.1) is 6.92 Å². The van der Waals surface area contributed by atoms with Crippen molar-refractivity contribution in [3.63, 3.8) is 0 Å². The van der Waals surface area contributed by atoms with E-state index in [2.05, 4.69) is 10.2 Å². The number of carbonyl (C=O) groups is 1. The molecule has 0 unspecified atom stereocenters. The summed E-state index contributed by atoms with van der Waals surface area (Å²) in [4.78, 5) is 11.6. The maximum atomic E-state index is 12.7. The van der Waals surface area contributed by atoms with E-state index in [1.165, 1.54) is 11.8 Å². The maximum Gasteiger partial charge on any atom is 0.335 e. The van der Waals surface area contributed by atoms with E-state index in [4.69, 9.17) is 0 Å². The predicted molar refractivity (Wildman–Crippen MR) is 111 cm³/mol. The lowest BCUT2D eigenvalue weighted by molar-refractivity contribution is 0.0696. The van der Waals surface area contributed by atoms with Crippen molar-refractivity contribution in [1.82, 2.24) is 14.8 Å². The number of carboxylic acids is 1. The summed E-state index contributed by atoms with van der Waals surface area (Å²) in [5.41, 5.74) is 1.90. The van der Waals surface area contributed by atoms with Crippen LogP contribution in [0.15, 0.2) is 58.6 Å². The smallest absolute Gasteiger partial charge is 0.335 e. The van der Waals surface area contributed by atoms with Gasteiger partial charge in [-0.2, -0.15) is 0 Å². The van der Waals surface area contributed by atoms with Gasteiger partial charge in [-0.25, -0.2) is 13.2 Å². The van der Waals surface area contributed by atoms with Gasteiger partial charge >= 0.3 is 5.97 Å². The zero-order chi connectivity index (χ0) is 21.0. The van der Waals surface area contributed by atoms with Gasteiger partial charge in [-0.1, -0.05) is 47.7 Å². The summed E-state index contributed by atoms with van der Waals surface area (Å²) in [6, 6.07) is 13.5. The van der Waals surface area contributed by atoms with Gasteiger partial charge in [-0.3, -0.25) is 0 Å². The van der Waals surface area contributed by atoms with Crippen LogP contribution < -0.4 is 0 Å². The largest absolute Gasteiger partial charge is 0.478 e. The number of benzene rings is 2. The number of hydrogen-bond acceptors (Lipinski definition) is 6. The summed E-state index contributed by atoms with van der Waals surface area (Å²) in [6.07, 6.45) is 0. The molecule has 0 spiro atoms. The third-order valence-electron chi connectivity index (χ3n) is 4.41. The van der Waals surface area contributed by atoms with E-state index < -0.39 is 15.8 Å². The van der Waals surface area contributed by atoms with Crippen LogP contribution in [-0.2, 0) is 27.9 Å². The van der Waals surface area contributed by atoms with E-state index in [9.17, 15) is 18.3 Å². The molecule has 29 heavy (non-hydrogen) atoms. The van der Waals surface area contributed by atoms with Gasteiger partial charge in [0.2, 0.25) is 0 Å². The van der Waals surface area contributed by atoms with Gasteiger partial charge in [0.25, 0.3) is 0 Å². The normalized spacial score (nSPS) is 11.5. The Morgan fingerprint density at radius 3 is 2.45 bits per heavy atom. The van der Waals surface area contributed by atoms with Crippen LogP contribution in [0.3, 0.4) is 0 Å². The van der Waals surface area contributed by atoms with Crippen LogP contribution >= 0.6 is 11.8 Å². The molecule has 0 aliphatic rings. The second kappa shape index (κ2) is 8.79. The second-order valence-electron chi connectivity index (χ2n) is 6.47. The minimum Gasteiger partial charge on any atom is -0.478 e. The van der Waals surface area contributed by atoms with Crippen LogP contribution in [0.2, 0.25) is 0 Å². The fraction of sp³-hybridized carbons (Fsp3) is 0.250. The summed E-state index contributed by atoms with van der Waals surface area (Å²) >= 11 is 1.33. The first-order valence-corrected chi connectivity index (χ1v) is 11.6. The summed E-state index contributed by atoms with van der Waals surface area (Å²) in [7, 11) is -3.54. The predicted octanol–water partition coefficient (Wildman–Crippen LogP) is 3.57. The van der Waals surface area contributed by atoms with Crippen molar-refractivity contribution in [3.05, 3.63) is 71.0 Å². The molecule has 7 nitrogen and oxygen atoms in total. The minimum atomic E-state index is -3.54. The maximum absolute atomic E-state index is 12.7. The fourth-order valence-electron chi connectivity index (χ4n) is 2.85. The van der Waals surface area contributed by atoms with Crippen molar-refractivity contribution < 1.29 is 18.3 Å². The average Bonchev–Trinajstić information content (AvgIpc) is 3.07. The number of hydrogen-bond donors (Lipinski definition) is 1. The summed E-state index contributed by atoms with van der Waals surface area (Å²) in [5.74, 6) is -0.473. The van der Waals surface area contributed by atoms with Crippen molar-refractivity contribution in [2.24, 2.45) is 0 Å². The van der Waals surface area contributed by atoms with E-state index in [0.29, 0.717) is 28.8 Å². The molecular formula is C20H21N3O4S2. The van der Waals surface area contributed by atoms with Crippen LogP contribution in [-0.4, -0.2) is 34.3 Å². The topological polar surface area (TPSA) is 102 Å². The van der Waals surface area contributed by atoms with E-state index in [1.54, 1.807) is 53.1 Å². The molecular weight excluding hydrogens is 410 g/mol. The summed E-state index contributed by atoms with van der Waals surface area (Å²) in [5, 5.41) is 18.1. The number of aryl methyl sites for hydroxylation is 1. The molecule has 9 heteroatoms. The van der Waals surface area contributed by atoms with Gasteiger partial charge in [0.15, 0.2) is 15.0 Å². The average molecular weight is 432 g/mol. The van der Waals surface area contributed by atoms with Gasteiger partial charge in [0, 0.05) is 12.3 Å². The summed E-state index contributed by atoms with van der Waals surface area (Å²) < 4.78 is 27.2. The van der Waals surface area contributed by atoms with Gasteiger partial charge < -0.3 is 9.67 Å². The molecule has 3 rings (SSSR count). The Morgan fingerprint density at radius 2 is 1.79 bits per heavy atom. The van der Waals surface area contributed by atoms with Crippen LogP contribution in [0.5, 0.6) is 0 Å². The third-order valence-corrected chi connectivity index (χ3v) is 7.06. The Labute approximate surface area is 173 Å². The molecule has 0 fully saturated rings. The number of aromatic carboxylic acids is 1. The van der Waals surface area contributed by atoms with Gasteiger partial charge in [0.05, 0.1) is 10.5 Å². The molecule has 0 saturated carbocycles. The number of sulfone groups is 1. The van der Waals surface area contributed by atoms with Crippen molar-refractivity contribution in [1.29, 1.82) is 0 Å². The number of nitrogens with zero attached hydrogens (tertiary/aromatic N) is 3. The summed E-state index contributed by atoms with van der Waals surface area (Å²) in [6.45, 7) is 4.30. The molecule has 3 aromatic rings. The van der Waals surface area contributed by atoms with E-state index in [1.807, 2.05) is 13.8 Å². The van der Waals surface area contributed by atoms with Crippen molar-refractivity contribution >= 4 is 27.6 Å². The lowest BCUT2D eigenvalue weighted by Gasteiger charge is -2.09. The molecule has 0 radical (unpaired) electrons. The fourth-order valence-corrected chi connectivity index (χ4v) is 5.14. The van der Waals surface area contributed by atoms with Crippen molar-refractivity contribution in [2.75, 3.05) is 0 Å². The molecule has 0 bridgehead atoms. The molecule has 0 aliphatic carbocycles. The number of aromatic nitrogens is 3. The van der Waals surface area contributed by atoms with Gasteiger partial charge in [-0.05, 0) is 37.6 Å². The van der Waals surface area contributed by atoms with Crippen LogP contribution in [0.4, 0.5) is 0 Å². The Balaban J connectivity index is 1.80. The lowest BCUT2D eigenvalue weighted by Crippen LogP contribution is -2.11. The van der Waals surface area contributed by atoms with E-state index in [0.717, 1.165) is 5.56 Å². The SMILES string of the molecule is CCn1c(CS(=O)(=O)c2ccc(C)cc2)nnc1SCc1ccccc1C(=O)O. The van der Waals surface area contributed by atoms with E-state index in [-0.39, 0.29) is 16.2 Å². The third kappa shape index (κ3) is 4.86. The number of rotatable bonds is 8. The zero-order valence-electron chi connectivity index (χ0n) is 16.1. The highest BCUT2D eigenvalue weighted by Crippen LogP contribution is 2.25. The molecule has 152 valence electrons. The van der Waals surface area contributed by atoms with Gasteiger partial charge in [-0.15, -0.1) is 10.2 Å². The Morgan fingerprint density at radius 1 is 1.10 bits per heavy atom. The second-order valence-corrected chi connectivity index (χ2v) is 9.40. The van der Waals surface area contributed by atoms with Crippen LogP contribution in [0.25, 0.3) is 0 Å². The van der Waals surface area contributed by atoms with Crippen molar-refractivity contribution in [2.45, 2.75) is 41.9 Å². The Kier molecular flexibility index (Phi) is 6.39. The molecule has 0 saturated heterocycles. The molecule has 2 aromatic carbocycles. The molecule has 1 aromatic heterocycles. The van der Waals surface area contributed by atoms with Crippen LogP contribution in [0.1, 0.15) is 34.2 Å². The van der Waals surface area contributed by atoms with Gasteiger partial charge in [0.1, 0.15) is 11.6 Å². The molecule has 1 heterocycles. The highest BCUT2D eigenvalue weighted by Gasteiger charge is 2.21. The molecule has 0 amide bonds. The highest BCUT2D eigenvalue weighted by atomic mass is 32.2. The molecule has 0 aliphatic heterocycles. The Bertz CT molecular complexity index is 1120. The lowest BCUT2D eigenvalue weighted by atomic mass is 10.1. The Hall–Kier alpha value is -2.65. The zero-order valence-corrected chi connectivity index (χ0v) is 17.7. The minimum absolute atomic E-state index is 0.240. The highest BCUT2D eigenvalue weighted by molar-refractivity contribution is 7.98. The molecule has 0 atom stereocenters. The first-order valence-electron chi connectivity index (χ1n) is 8.97.